The van der Waals surface area contributed by atoms with Crippen molar-refractivity contribution < 1.29 is 4.79 Å². The quantitative estimate of drug-likeness (QED) is 0.696. The summed E-state index contributed by atoms with van der Waals surface area (Å²) in [6.45, 7) is 14.2. The zero-order valence-electron chi connectivity index (χ0n) is 15.0. The van der Waals surface area contributed by atoms with Gasteiger partial charge < -0.3 is 4.90 Å². The Kier molecular flexibility index (Phi) is 7.72. The van der Waals surface area contributed by atoms with E-state index in [1.54, 1.807) is 0 Å². The molecule has 3 nitrogen and oxygen atoms in total. The van der Waals surface area contributed by atoms with Crippen LogP contribution in [0, 0.1) is 17.8 Å². The molecule has 1 aliphatic heterocycles. The van der Waals surface area contributed by atoms with Crippen LogP contribution in [0.3, 0.4) is 0 Å². The topological polar surface area (TPSA) is 32.3 Å². The SMILES string of the molecule is CCCCC(CC)CN1C(=O)C(C(C)CC)NC1C(C)C. The van der Waals surface area contributed by atoms with Gasteiger partial charge >= 0.3 is 0 Å². The third-order valence-electron chi connectivity index (χ3n) is 5.08. The summed E-state index contributed by atoms with van der Waals surface area (Å²) in [5.74, 6) is 1.86. The summed E-state index contributed by atoms with van der Waals surface area (Å²) in [7, 11) is 0. The molecular formula is C18H36N2O. The van der Waals surface area contributed by atoms with Crippen LogP contribution < -0.4 is 5.32 Å². The van der Waals surface area contributed by atoms with Gasteiger partial charge in [-0.15, -0.1) is 0 Å². The number of carbonyl (C=O) groups is 1. The predicted molar refractivity (Wildman–Crippen MR) is 90.0 cm³/mol. The molecular weight excluding hydrogens is 260 g/mol. The van der Waals surface area contributed by atoms with Gasteiger partial charge in [-0.1, -0.05) is 67.2 Å². The van der Waals surface area contributed by atoms with Gasteiger partial charge in [0.1, 0.15) is 0 Å². The number of carbonyl (C=O) groups excluding carboxylic acids is 1. The largest absolute Gasteiger partial charge is 0.325 e. The monoisotopic (exact) mass is 296 g/mol. The molecule has 0 aromatic carbocycles. The standard InChI is InChI=1S/C18H36N2O/c1-7-10-11-15(9-3)12-20-17(13(4)5)19-16(18(20)21)14(6)8-2/h13-17,19H,7-12H2,1-6H3. The molecule has 1 amide bonds. The summed E-state index contributed by atoms with van der Waals surface area (Å²) in [6, 6.07) is 0.0195. The highest BCUT2D eigenvalue weighted by Crippen LogP contribution is 2.26. The zero-order chi connectivity index (χ0) is 16.0. The van der Waals surface area contributed by atoms with Gasteiger partial charge in [-0.25, -0.2) is 0 Å². The molecule has 1 aliphatic rings. The summed E-state index contributed by atoms with van der Waals surface area (Å²) in [5, 5.41) is 3.60. The molecule has 0 spiro atoms. The maximum absolute atomic E-state index is 12.8. The average Bonchev–Trinajstić information content (AvgIpc) is 2.79. The van der Waals surface area contributed by atoms with Crippen molar-refractivity contribution in [3.05, 3.63) is 0 Å². The van der Waals surface area contributed by atoms with E-state index in [4.69, 9.17) is 0 Å². The molecule has 0 bridgehead atoms. The maximum atomic E-state index is 12.8. The third kappa shape index (κ3) is 4.70. The molecule has 3 heteroatoms. The number of nitrogens with one attached hydrogen (secondary N) is 1. The van der Waals surface area contributed by atoms with E-state index < -0.39 is 0 Å². The smallest absolute Gasteiger partial charge is 0.241 e. The first-order valence-electron chi connectivity index (χ1n) is 9.02. The van der Waals surface area contributed by atoms with Crippen LogP contribution in [0.1, 0.15) is 73.6 Å². The Morgan fingerprint density at radius 3 is 2.29 bits per heavy atom. The van der Waals surface area contributed by atoms with Crippen molar-refractivity contribution in [3.63, 3.8) is 0 Å². The van der Waals surface area contributed by atoms with Gasteiger partial charge in [-0.05, 0) is 24.2 Å². The van der Waals surface area contributed by atoms with Crippen molar-refractivity contribution in [2.45, 2.75) is 85.9 Å². The fourth-order valence-corrected chi connectivity index (χ4v) is 3.26. The summed E-state index contributed by atoms with van der Waals surface area (Å²) in [4.78, 5) is 15.0. The highest BCUT2D eigenvalue weighted by molar-refractivity contribution is 5.84. The Bertz CT molecular complexity index is 316. The molecule has 4 atom stereocenters. The van der Waals surface area contributed by atoms with Gasteiger partial charge in [-0.3, -0.25) is 10.1 Å². The molecule has 124 valence electrons. The first kappa shape index (κ1) is 18.5. The molecule has 0 aliphatic carbocycles. The van der Waals surface area contributed by atoms with Crippen LogP contribution >= 0.6 is 0 Å². The summed E-state index contributed by atoms with van der Waals surface area (Å²) in [5.41, 5.74) is 0. The third-order valence-corrected chi connectivity index (χ3v) is 5.08. The van der Waals surface area contributed by atoms with Gasteiger partial charge in [-0.2, -0.15) is 0 Å². The Labute approximate surface area is 131 Å². The van der Waals surface area contributed by atoms with E-state index in [0.717, 1.165) is 13.0 Å². The minimum absolute atomic E-state index is 0.0195. The highest BCUT2D eigenvalue weighted by Gasteiger charge is 2.42. The van der Waals surface area contributed by atoms with Crippen molar-refractivity contribution in [3.8, 4) is 0 Å². The van der Waals surface area contributed by atoms with Crippen molar-refractivity contribution in [2.24, 2.45) is 17.8 Å². The first-order chi connectivity index (χ1) is 9.96. The van der Waals surface area contributed by atoms with Gasteiger partial charge in [0.15, 0.2) is 0 Å². The lowest BCUT2D eigenvalue weighted by Gasteiger charge is -2.30. The maximum Gasteiger partial charge on any atom is 0.241 e. The van der Waals surface area contributed by atoms with E-state index in [0.29, 0.717) is 23.7 Å². The van der Waals surface area contributed by atoms with Gasteiger partial charge in [0, 0.05) is 6.54 Å². The number of amides is 1. The Hall–Kier alpha value is -0.570. The van der Waals surface area contributed by atoms with Crippen molar-refractivity contribution in [2.75, 3.05) is 6.54 Å². The Morgan fingerprint density at radius 2 is 1.81 bits per heavy atom. The van der Waals surface area contributed by atoms with Crippen molar-refractivity contribution in [1.82, 2.24) is 10.2 Å². The fraction of sp³-hybridized carbons (Fsp3) is 0.944. The Balaban J connectivity index is 2.77. The molecule has 1 heterocycles. The summed E-state index contributed by atoms with van der Waals surface area (Å²) in [6.07, 6.45) is 6.20. The van der Waals surface area contributed by atoms with Crippen LogP contribution in [0.4, 0.5) is 0 Å². The normalized spacial score (nSPS) is 25.7. The minimum atomic E-state index is 0.0195. The number of hydrogen-bond donors (Lipinski definition) is 1. The molecule has 1 N–H and O–H groups in total. The summed E-state index contributed by atoms with van der Waals surface area (Å²) >= 11 is 0. The minimum Gasteiger partial charge on any atom is -0.325 e. The average molecular weight is 296 g/mol. The number of unbranched alkanes of at least 4 members (excludes halogenated alkanes) is 1. The molecule has 0 aromatic heterocycles. The molecule has 0 aromatic rings. The van der Waals surface area contributed by atoms with E-state index in [9.17, 15) is 4.79 Å². The molecule has 4 unspecified atom stereocenters. The molecule has 0 saturated carbocycles. The van der Waals surface area contributed by atoms with Crippen molar-refractivity contribution >= 4 is 5.91 Å². The van der Waals surface area contributed by atoms with Gasteiger partial charge in [0.2, 0.25) is 5.91 Å². The van der Waals surface area contributed by atoms with Crippen LogP contribution in [0.5, 0.6) is 0 Å². The predicted octanol–water partition coefficient (Wildman–Crippen LogP) is 4.03. The van der Waals surface area contributed by atoms with E-state index in [1.165, 1.54) is 25.7 Å². The summed E-state index contributed by atoms with van der Waals surface area (Å²) < 4.78 is 0. The second-order valence-corrected chi connectivity index (χ2v) is 7.13. The van der Waals surface area contributed by atoms with E-state index in [1.807, 2.05) is 0 Å². The van der Waals surface area contributed by atoms with E-state index in [2.05, 4.69) is 51.8 Å². The molecule has 1 fully saturated rings. The highest BCUT2D eigenvalue weighted by atomic mass is 16.2. The van der Waals surface area contributed by atoms with Crippen LogP contribution in [0.25, 0.3) is 0 Å². The van der Waals surface area contributed by atoms with Gasteiger partial charge in [0.25, 0.3) is 0 Å². The molecule has 1 rings (SSSR count). The molecule has 1 saturated heterocycles. The number of hydrogen-bond acceptors (Lipinski definition) is 2. The van der Waals surface area contributed by atoms with E-state index >= 15 is 0 Å². The lowest BCUT2D eigenvalue weighted by Crippen LogP contribution is -2.43. The molecule has 0 radical (unpaired) electrons. The zero-order valence-corrected chi connectivity index (χ0v) is 15.0. The molecule has 21 heavy (non-hydrogen) atoms. The fourth-order valence-electron chi connectivity index (χ4n) is 3.26. The first-order valence-corrected chi connectivity index (χ1v) is 9.02. The Morgan fingerprint density at radius 1 is 1.14 bits per heavy atom. The number of rotatable bonds is 9. The van der Waals surface area contributed by atoms with Crippen LogP contribution in [-0.2, 0) is 4.79 Å². The van der Waals surface area contributed by atoms with Gasteiger partial charge in [0.05, 0.1) is 12.2 Å². The van der Waals surface area contributed by atoms with Crippen LogP contribution in [-0.4, -0.2) is 29.6 Å². The van der Waals surface area contributed by atoms with E-state index in [-0.39, 0.29) is 12.2 Å². The van der Waals surface area contributed by atoms with Crippen molar-refractivity contribution in [1.29, 1.82) is 0 Å². The lowest BCUT2D eigenvalue weighted by molar-refractivity contribution is -0.132. The second kappa shape index (κ2) is 8.77. The van der Waals surface area contributed by atoms with Crippen LogP contribution in [0.15, 0.2) is 0 Å². The number of nitrogens with zero attached hydrogens (tertiary/aromatic N) is 1. The van der Waals surface area contributed by atoms with Crippen LogP contribution in [0.2, 0.25) is 0 Å². The second-order valence-electron chi connectivity index (χ2n) is 7.13. The lowest BCUT2D eigenvalue weighted by atomic mass is 9.97.